The lowest BCUT2D eigenvalue weighted by Crippen LogP contribution is -2.19. The van der Waals surface area contributed by atoms with Crippen molar-refractivity contribution in [2.45, 2.75) is 13.5 Å². The van der Waals surface area contributed by atoms with E-state index >= 15 is 0 Å². The number of nitrogens with zero attached hydrogens (tertiary/aromatic N) is 2. The number of rotatable bonds is 5. The van der Waals surface area contributed by atoms with Crippen LogP contribution in [0.4, 0.5) is 15.6 Å². The Kier molecular flexibility index (Phi) is 5.62. The Balaban J connectivity index is 1.51. The van der Waals surface area contributed by atoms with Gasteiger partial charge in [-0.1, -0.05) is 45.0 Å². The van der Waals surface area contributed by atoms with Crippen LogP contribution in [0.15, 0.2) is 53.0 Å². The van der Waals surface area contributed by atoms with E-state index in [0.29, 0.717) is 22.4 Å². The first-order chi connectivity index (χ1) is 12.1. The molecular formula is C17H15BrN4O2S. The molecule has 1 aromatic heterocycles. The lowest BCUT2D eigenvalue weighted by molar-refractivity contribution is 0.262. The molecule has 3 aromatic rings. The van der Waals surface area contributed by atoms with E-state index in [1.807, 2.05) is 55.5 Å². The molecule has 0 saturated carbocycles. The normalized spacial score (nSPS) is 10.3. The number of carbonyl (C=O) groups excluding carboxylic acids is 1. The molecule has 0 aliphatic heterocycles. The SMILES string of the molecule is Cc1ccc(NC(=O)Nc2nnc(COc3ccc(Br)cc3)s2)cc1. The number of anilines is 2. The van der Waals surface area contributed by atoms with Gasteiger partial charge < -0.3 is 10.1 Å². The third-order valence-electron chi connectivity index (χ3n) is 3.17. The van der Waals surface area contributed by atoms with Gasteiger partial charge in [0.15, 0.2) is 5.01 Å². The minimum absolute atomic E-state index is 0.292. The molecule has 1 heterocycles. The second kappa shape index (κ2) is 8.09. The third-order valence-corrected chi connectivity index (χ3v) is 4.51. The van der Waals surface area contributed by atoms with Crippen LogP contribution in [0.2, 0.25) is 0 Å². The fourth-order valence-corrected chi connectivity index (χ4v) is 2.85. The number of amides is 2. The molecule has 0 aliphatic carbocycles. The minimum atomic E-state index is -0.361. The van der Waals surface area contributed by atoms with Crippen molar-refractivity contribution < 1.29 is 9.53 Å². The van der Waals surface area contributed by atoms with Gasteiger partial charge in [0.2, 0.25) is 5.13 Å². The molecule has 0 aliphatic rings. The van der Waals surface area contributed by atoms with Crippen LogP contribution in [0.5, 0.6) is 5.75 Å². The van der Waals surface area contributed by atoms with Crippen molar-refractivity contribution in [1.29, 1.82) is 0 Å². The number of halogens is 1. The summed E-state index contributed by atoms with van der Waals surface area (Å²) in [6.45, 7) is 2.28. The van der Waals surface area contributed by atoms with Crippen LogP contribution in [-0.2, 0) is 6.61 Å². The number of aryl methyl sites for hydroxylation is 1. The largest absolute Gasteiger partial charge is 0.486 e. The van der Waals surface area contributed by atoms with Crippen molar-refractivity contribution >= 4 is 44.1 Å². The molecule has 3 rings (SSSR count). The average Bonchev–Trinajstić information content (AvgIpc) is 3.04. The molecule has 0 saturated heterocycles. The van der Waals surface area contributed by atoms with Gasteiger partial charge >= 0.3 is 6.03 Å². The zero-order chi connectivity index (χ0) is 17.6. The number of hydrogen-bond donors (Lipinski definition) is 2. The van der Waals surface area contributed by atoms with Gasteiger partial charge in [-0.15, -0.1) is 10.2 Å². The van der Waals surface area contributed by atoms with Crippen LogP contribution in [0.25, 0.3) is 0 Å². The Morgan fingerprint density at radius 2 is 1.80 bits per heavy atom. The topological polar surface area (TPSA) is 76.1 Å². The van der Waals surface area contributed by atoms with E-state index in [1.165, 1.54) is 11.3 Å². The molecule has 25 heavy (non-hydrogen) atoms. The summed E-state index contributed by atoms with van der Waals surface area (Å²) in [6, 6.07) is 14.7. The van der Waals surface area contributed by atoms with Gasteiger partial charge in [0, 0.05) is 10.2 Å². The summed E-state index contributed by atoms with van der Waals surface area (Å²) in [7, 11) is 0. The van der Waals surface area contributed by atoms with Crippen LogP contribution in [0.3, 0.4) is 0 Å². The molecule has 8 heteroatoms. The van der Waals surface area contributed by atoms with Crippen molar-refractivity contribution in [2.75, 3.05) is 10.6 Å². The summed E-state index contributed by atoms with van der Waals surface area (Å²) < 4.78 is 6.62. The predicted molar refractivity (Wildman–Crippen MR) is 102 cm³/mol. The van der Waals surface area contributed by atoms with Gasteiger partial charge in [-0.3, -0.25) is 5.32 Å². The fourth-order valence-electron chi connectivity index (χ4n) is 1.93. The molecule has 0 bridgehead atoms. The molecule has 2 N–H and O–H groups in total. The number of benzene rings is 2. The lowest BCUT2D eigenvalue weighted by Gasteiger charge is -2.05. The first-order valence-electron chi connectivity index (χ1n) is 7.44. The molecular weight excluding hydrogens is 404 g/mol. The molecule has 6 nitrogen and oxygen atoms in total. The van der Waals surface area contributed by atoms with Gasteiger partial charge in [-0.2, -0.15) is 0 Å². The number of hydrogen-bond acceptors (Lipinski definition) is 5. The van der Waals surface area contributed by atoms with Crippen LogP contribution < -0.4 is 15.4 Å². The highest BCUT2D eigenvalue weighted by atomic mass is 79.9. The maximum atomic E-state index is 12.0. The molecule has 0 spiro atoms. The summed E-state index contributed by atoms with van der Waals surface area (Å²) in [6.07, 6.45) is 0. The fraction of sp³-hybridized carbons (Fsp3) is 0.118. The quantitative estimate of drug-likeness (QED) is 0.621. The number of carbonyl (C=O) groups is 1. The molecule has 0 atom stereocenters. The Morgan fingerprint density at radius 1 is 1.08 bits per heavy atom. The predicted octanol–water partition coefficient (Wildman–Crippen LogP) is 4.83. The van der Waals surface area contributed by atoms with E-state index in [0.717, 1.165) is 15.8 Å². The monoisotopic (exact) mass is 418 g/mol. The number of nitrogens with one attached hydrogen (secondary N) is 2. The second-order valence-electron chi connectivity index (χ2n) is 5.19. The number of urea groups is 1. The summed E-state index contributed by atoms with van der Waals surface area (Å²) in [5, 5.41) is 14.5. The lowest BCUT2D eigenvalue weighted by atomic mass is 10.2. The Labute approximate surface area is 157 Å². The Hall–Kier alpha value is -2.45. The van der Waals surface area contributed by atoms with Gasteiger partial charge in [0.05, 0.1) is 0 Å². The second-order valence-corrected chi connectivity index (χ2v) is 7.17. The summed E-state index contributed by atoms with van der Waals surface area (Å²) in [4.78, 5) is 12.0. The molecule has 0 radical (unpaired) electrons. The molecule has 0 fully saturated rings. The highest BCUT2D eigenvalue weighted by Crippen LogP contribution is 2.20. The Morgan fingerprint density at radius 3 is 2.52 bits per heavy atom. The zero-order valence-electron chi connectivity index (χ0n) is 13.3. The average molecular weight is 419 g/mol. The van der Waals surface area contributed by atoms with Crippen molar-refractivity contribution in [3.63, 3.8) is 0 Å². The first kappa shape index (κ1) is 17.4. The van der Waals surface area contributed by atoms with E-state index in [1.54, 1.807) is 0 Å². The van der Waals surface area contributed by atoms with Crippen molar-refractivity contribution in [2.24, 2.45) is 0 Å². The minimum Gasteiger partial charge on any atom is -0.486 e. The van der Waals surface area contributed by atoms with Crippen molar-refractivity contribution in [3.05, 3.63) is 63.6 Å². The summed E-state index contributed by atoms with van der Waals surface area (Å²) in [5.41, 5.74) is 1.84. The third kappa shape index (κ3) is 5.27. The van der Waals surface area contributed by atoms with E-state index in [-0.39, 0.29) is 6.03 Å². The van der Waals surface area contributed by atoms with Crippen LogP contribution >= 0.6 is 27.3 Å². The van der Waals surface area contributed by atoms with Gasteiger partial charge in [0.25, 0.3) is 0 Å². The van der Waals surface area contributed by atoms with Crippen LogP contribution in [-0.4, -0.2) is 16.2 Å². The maximum Gasteiger partial charge on any atom is 0.325 e. The zero-order valence-corrected chi connectivity index (χ0v) is 15.7. The maximum absolute atomic E-state index is 12.0. The standard InChI is InChI=1S/C17H15BrN4O2S/c1-11-2-6-13(7-3-11)19-16(23)20-17-22-21-15(25-17)10-24-14-8-4-12(18)5-9-14/h2-9H,10H2,1H3,(H2,19,20,22,23). The highest BCUT2D eigenvalue weighted by molar-refractivity contribution is 9.10. The molecule has 0 unspecified atom stereocenters. The van der Waals surface area contributed by atoms with Gasteiger partial charge in [-0.05, 0) is 43.3 Å². The Bertz CT molecular complexity index is 850. The van der Waals surface area contributed by atoms with Crippen LogP contribution in [0.1, 0.15) is 10.6 Å². The smallest absolute Gasteiger partial charge is 0.325 e. The van der Waals surface area contributed by atoms with E-state index in [9.17, 15) is 4.79 Å². The number of aromatic nitrogens is 2. The van der Waals surface area contributed by atoms with Crippen LogP contribution in [0, 0.1) is 6.92 Å². The number of ether oxygens (including phenoxy) is 1. The van der Waals surface area contributed by atoms with E-state index < -0.39 is 0 Å². The highest BCUT2D eigenvalue weighted by Gasteiger charge is 2.09. The molecule has 2 aromatic carbocycles. The van der Waals surface area contributed by atoms with Crippen molar-refractivity contribution in [1.82, 2.24) is 10.2 Å². The summed E-state index contributed by atoms with van der Waals surface area (Å²) >= 11 is 4.64. The van der Waals surface area contributed by atoms with E-state index in [2.05, 4.69) is 36.8 Å². The summed E-state index contributed by atoms with van der Waals surface area (Å²) in [5.74, 6) is 0.741. The van der Waals surface area contributed by atoms with E-state index in [4.69, 9.17) is 4.74 Å². The van der Waals surface area contributed by atoms with Crippen molar-refractivity contribution in [3.8, 4) is 5.75 Å². The first-order valence-corrected chi connectivity index (χ1v) is 9.05. The molecule has 128 valence electrons. The molecule has 2 amide bonds. The van der Waals surface area contributed by atoms with Gasteiger partial charge in [0.1, 0.15) is 12.4 Å². The van der Waals surface area contributed by atoms with Gasteiger partial charge in [-0.25, -0.2) is 4.79 Å².